The molecule has 0 saturated heterocycles. The van der Waals surface area contributed by atoms with Crippen LogP contribution in [0.3, 0.4) is 0 Å². The van der Waals surface area contributed by atoms with Gasteiger partial charge in [-0.1, -0.05) is 0 Å². The SMILES string of the molecule is CC(C)(C=O)C=O.II. The molecule has 0 rings (SSSR count). The lowest BCUT2D eigenvalue weighted by molar-refractivity contribution is -0.124. The van der Waals surface area contributed by atoms with E-state index in [-0.39, 0.29) is 0 Å². The van der Waals surface area contributed by atoms with E-state index >= 15 is 0 Å². The molecule has 0 N–H and O–H groups in total. The summed E-state index contributed by atoms with van der Waals surface area (Å²) in [7, 11) is 0. The summed E-state index contributed by atoms with van der Waals surface area (Å²) >= 11 is 4.24. The lowest BCUT2D eigenvalue weighted by Crippen LogP contribution is -2.13. The van der Waals surface area contributed by atoms with Gasteiger partial charge in [-0.3, -0.25) is 0 Å². The Balaban J connectivity index is 0. The van der Waals surface area contributed by atoms with Gasteiger partial charge in [0.25, 0.3) is 0 Å². The Morgan fingerprint density at radius 1 is 1.11 bits per heavy atom. The number of hydrogen-bond acceptors (Lipinski definition) is 2. The minimum atomic E-state index is -0.778. The van der Waals surface area contributed by atoms with Gasteiger partial charge in [-0.15, -0.1) is 0 Å². The van der Waals surface area contributed by atoms with E-state index in [4.69, 9.17) is 0 Å². The summed E-state index contributed by atoms with van der Waals surface area (Å²) in [5.74, 6) is 0. The summed E-state index contributed by atoms with van der Waals surface area (Å²) in [6.07, 6.45) is 1.25. The molecule has 0 aromatic rings. The molecule has 0 aromatic carbocycles. The fourth-order valence-corrected chi connectivity index (χ4v) is 0.0278. The summed E-state index contributed by atoms with van der Waals surface area (Å²) in [6, 6.07) is 0. The van der Waals surface area contributed by atoms with Gasteiger partial charge in [0.05, 0.1) is 5.41 Å². The van der Waals surface area contributed by atoms with Crippen LogP contribution < -0.4 is 0 Å². The molecule has 0 spiro atoms. The number of halogens is 2. The molecule has 0 fully saturated rings. The molecule has 0 heterocycles. The van der Waals surface area contributed by atoms with Crippen LogP contribution in [0.25, 0.3) is 0 Å². The van der Waals surface area contributed by atoms with Gasteiger partial charge in [0.1, 0.15) is 12.6 Å². The smallest absolute Gasteiger partial charge is 0.132 e. The van der Waals surface area contributed by atoms with Gasteiger partial charge < -0.3 is 9.59 Å². The number of aldehydes is 2. The Morgan fingerprint density at radius 2 is 1.33 bits per heavy atom. The van der Waals surface area contributed by atoms with Crippen molar-refractivity contribution in [3.8, 4) is 0 Å². The molecule has 4 heteroatoms. The molecule has 0 aliphatic heterocycles. The van der Waals surface area contributed by atoms with Crippen molar-refractivity contribution in [1.82, 2.24) is 0 Å². The molecule has 2 nitrogen and oxygen atoms in total. The maximum Gasteiger partial charge on any atom is 0.132 e. The lowest BCUT2D eigenvalue weighted by atomic mass is 9.99. The Kier molecular flexibility index (Phi) is 9.58. The van der Waals surface area contributed by atoms with Crippen molar-refractivity contribution in [1.29, 1.82) is 0 Å². The van der Waals surface area contributed by atoms with E-state index in [1.807, 2.05) is 0 Å². The third-order valence-corrected chi connectivity index (χ3v) is 0.607. The normalized spacial score (nSPS) is 8.89. The molecule has 0 bridgehead atoms. The molecule has 0 aliphatic rings. The number of carbonyl (C=O) groups is 2. The standard InChI is InChI=1S/C5H8O2.I2/c1-5(2,3-6)4-7;1-2/h3-4H,1-2H3;. The van der Waals surface area contributed by atoms with E-state index < -0.39 is 5.41 Å². The van der Waals surface area contributed by atoms with Gasteiger partial charge in [0.2, 0.25) is 0 Å². The monoisotopic (exact) mass is 354 g/mol. The summed E-state index contributed by atoms with van der Waals surface area (Å²) in [5, 5.41) is 0. The Bertz CT molecular complexity index is 81.0. The highest BCUT2D eigenvalue weighted by Crippen LogP contribution is 2.03. The second-order valence-electron chi connectivity index (χ2n) is 2.06. The second-order valence-corrected chi connectivity index (χ2v) is 2.06. The highest BCUT2D eigenvalue weighted by molar-refractivity contribution is 15.0. The fraction of sp³-hybridized carbons (Fsp3) is 0.600. The highest BCUT2D eigenvalue weighted by Gasteiger charge is 2.12. The topological polar surface area (TPSA) is 34.1 Å². The largest absolute Gasteiger partial charge is 0.302 e. The van der Waals surface area contributed by atoms with E-state index in [1.165, 1.54) is 0 Å². The minimum Gasteiger partial charge on any atom is -0.302 e. The second kappa shape index (κ2) is 6.91. The summed E-state index contributed by atoms with van der Waals surface area (Å²) in [4.78, 5) is 19.7. The molecular weight excluding hydrogens is 346 g/mol. The first-order chi connectivity index (χ1) is 4.12. The predicted octanol–water partition coefficient (Wildman–Crippen LogP) is 2.18. The first-order valence-corrected chi connectivity index (χ1v) is 8.48. The first-order valence-electron chi connectivity index (χ1n) is 2.19. The van der Waals surface area contributed by atoms with Crippen molar-refractivity contribution in [2.24, 2.45) is 5.41 Å². The minimum absolute atomic E-state index is 0.625. The third kappa shape index (κ3) is 8.80. The van der Waals surface area contributed by atoms with Gasteiger partial charge in [0.15, 0.2) is 0 Å². The zero-order valence-electron chi connectivity index (χ0n) is 5.23. The summed E-state index contributed by atoms with van der Waals surface area (Å²) in [6.45, 7) is 3.12. The van der Waals surface area contributed by atoms with E-state index in [0.717, 1.165) is 0 Å². The molecule has 0 atom stereocenters. The third-order valence-electron chi connectivity index (χ3n) is 0.607. The van der Waals surface area contributed by atoms with Crippen molar-refractivity contribution in [3.05, 3.63) is 0 Å². The van der Waals surface area contributed by atoms with Crippen LogP contribution in [0, 0.1) is 5.41 Å². The molecule has 0 aromatic heterocycles. The Labute approximate surface area is 78.1 Å². The quantitative estimate of drug-likeness (QED) is 0.433. The van der Waals surface area contributed by atoms with Gasteiger partial charge in [-0.05, 0) is 13.8 Å². The van der Waals surface area contributed by atoms with E-state index in [0.29, 0.717) is 12.6 Å². The predicted molar refractivity (Wildman–Crippen MR) is 53.9 cm³/mol. The maximum atomic E-state index is 9.83. The van der Waals surface area contributed by atoms with Crippen LogP contribution in [0.5, 0.6) is 0 Å². The average Bonchev–Trinajstić information content (AvgIpc) is 1.93. The maximum absolute atomic E-state index is 9.83. The van der Waals surface area contributed by atoms with Gasteiger partial charge in [-0.2, -0.15) is 0 Å². The molecule has 0 unspecified atom stereocenters. The van der Waals surface area contributed by atoms with Crippen molar-refractivity contribution in [2.75, 3.05) is 0 Å². The fourth-order valence-electron chi connectivity index (χ4n) is 0.0278. The lowest BCUT2D eigenvalue weighted by Gasteiger charge is -2.02. The van der Waals surface area contributed by atoms with Crippen molar-refractivity contribution >= 4 is 49.8 Å². The van der Waals surface area contributed by atoms with Crippen LogP contribution in [0.4, 0.5) is 0 Å². The van der Waals surface area contributed by atoms with E-state index in [1.54, 1.807) is 13.8 Å². The average molecular weight is 354 g/mol. The summed E-state index contributed by atoms with van der Waals surface area (Å²) < 4.78 is 0. The zero-order valence-corrected chi connectivity index (χ0v) is 9.54. The van der Waals surface area contributed by atoms with Crippen LogP contribution in [-0.4, -0.2) is 12.6 Å². The van der Waals surface area contributed by atoms with Crippen molar-refractivity contribution in [3.63, 3.8) is 0 Å². The Morgan fingerprint density at radius 3 is 1.33 bits per heavy atom. The number of carbonyl (C=O) groups excluding carboxylic acids is 2. The van der Waals surface area contributed by atoms with Crippen LogP contribution in [0.15, 0.2) is 0 Å². The van der Waals surface area contributed by atoms with Crippen molar-refractivity contribution in [2.45, 2.75) is 13.8 Å². The van der Waals surface area contributed by atoms with Gasteiger partial charge >= 0.3 is 0 Å². The Hall–Kier alpha value is 0.800. The summed E-state index contributed by atoms with van der Waals surface area (Å²) in [5.41, 5.74) is -0.778. The molecular formula is C5H8I2O2. The molecule has 0 saturated carbocycles. The van der Waals surface area contributed by atoms with Crippen LogP contribution in [0.2, 0.25) is 0 Å². The number of rotatable bonds is 2. The molecule has 0 amide bonds. The first kappa shape index (κ1) is 12.5. The van der Waals surface area contributed by atoms with E-state index in [9.17, 15) is 9.59 Å². The molecule has 0 radical (unpaired) electrons. The zero-order chi connectivity index (χ0) is 7.91. The number of hydrogen-bond donors (Lipinski definition) is 0. The van der Waals surface area contributed by atoms with Gasteiger partial charge in [-0.25, -0.2) is 0 Å². The molecule has 54 valence electrons. The van der Waals surface area contributed by atoms with E-state index in [2.05, 4.69) is 37.2 Å². The van der Waals surface area contributed by atoms with Gasteiger partial charge in [0, 0.05) is 37.2 Å². The van der Waals surface area contributed by atoms with Crippen LogP contribution >= 0.6 is 37.2 Å². The van der Waals surface area contributed by atoms with Crippen LogP contribution in [-0.2, 0) is 9.59 Å². The van der Waals surface area contributed by atoms with Crippen LogP contribution in [0.1, 0.15) is 13.8 Å². The molecule has 0 aliphatic carbocycles. The highest BCUT2D eigenvalue weighted by atomic mass is 128. The molecule has 9 heavy (non-hydrogen) atoms. The van der Waals surface area contributed by atoms with Crippen molar-refractivity contribution < 1.29 is 9.59 Å².